The van der Waals surface area contributed by atoms with Crippen molar-refractivity contribution in [3.05, 3.63) is 95.6 Å². The minimum atomic E-state index is -0.462. The number of benzene rings is 3. The van der Waals surface area contributed by atoms with Gasteiger partial charge in [-0.2, -0.15) is 0 Å². The first kappa shape index (κ1) is 32.5. The Morgan fingerprint density at radius 3 is 1.86 bits per heavy atom. The van der Waals surface area contributed by atoms with E-state index in [1.807, 2.05) is 30.3 Å². The number of ether oxygens (including phenoxy) is 3. The van der Waals surface area contributed by atoms with Crippen molar-refractivity contribution in [3.63, 3.8) is 0 Å². The van der Waals surface area contributed by atoms with Crippen molar-refractivity contribution in [1.82, 2.24) is 0 Å². The summed E-state index contributed by atoms with van der Waals surface area (Å²) in [6.45, 7) is 3.26. The van der Waals surface area contributed by atoms with Crippen molar-refractivity contribution in [2.45, 2.75) is 84.0 Å². The highest BCUT2D eigenvalue weighted by Crippen LogP contribution is 2.18. The fraction of sp³-hybridized carbons (Fsp3) is 0.405. The Morgan fingerprint density at radius 2 is 1.17 bits per heavy atom. The standard InChI is InChI=1S/C37H44O5/c1-2-3-4-16-29-40-34-25-21-33(22-26-34)37(39)42-35-27-23-32(24-28-35)36(38)41-30-17-11-9-7-5-6-8-10-13-18-31-19-14-12-15-20-31/h12,14-15,19-28H,2-11,16-17,29-30H2,1H3. The van der Waals surface area contributed by atoms with Gasteiger partial charge < -0.3 is 14.2 Å². The van der Waals surface area contributed by atoms with Gasteiger partial charge in [-0.15, -0.1) is 0 Å². The Morgan fingerprint density at radius 1 is 0.595 bits per heavy atom. The van der Waals surface area contributed by atoms with Gasteiger partial charge in [-0.25, -0.2) is 9.59 Å². The zero-order chi connectivity index (χ0) is 29.7. The molecule has 0 aliphatic rings. The van der Waals surface area contributed by atoms with Crippen LogP contribution in [0.25, 0.3) is 0 Å². The van der Waals surface area contributed by atoms with Crippen LogP contribution in [0.1, 0.15) is 110 Å². The smallest absolute Gasteiger partial charge is 0.343 e. The third-order valence-electron chi connectivity index (χ3n) is 6.84. The average molecular weight is 569 g/mol. The molecule has 5 heteroatoms. The van der Waals surface area contributed by atoms with Crippen LogP contribution in [0.3, 0.4) is 0 Å². The van der Waals surface area contributed by atoms with Crippen LogP contribution < -0.4 is 9.47 Å². The molecular weight excluding hydrogens is 524 g/mol. The summed E-state index contributed by atoms with van der Waals surface area (Å²) in [7, 11) is 0. The molecule has 5 nitrogen and oxygen atoms in total. The highest BCUT2D eigenvalue weighted by atomic mass is 16.5. The van der Waals surface area contributed by atoms with E-state index in [2.05, 4.69) is 18.8 Å². The van der Waals surface area contributed by atoms with Gasteiger partial charge in [0.1, 0.15) is 11.5 Å². The lowest BCUT2D eigenvalue weighted by Gasteiger charge is -2.08. The van der Waals surface area contributed by atoms with Gasteiger partial charge in [0.15, 0.2) is 0 Å². The normalized spacial score (nSPS) is 10.4. The fourth-order valence-corrected chi connectivity index (χ4v) is 4.36. The maximum atomic E-state index is 12.5. The monoisotopic (exact) mass is 568 g/mol. The molecule has 0 atom stereocenters. The van der Waals surface area contributed by atoms with E-state index >= 15 is 0 Å². The van der Waals surface area contributed by atoms with Crippen LogP contribution in [0.15, 0.2) is 78.9 Å². The molecule has 0 aromatic heterocycles. The van der Waals surface area contributed by atoms with Crippen LogP contribution in [0.5, 0.6) is 11.5 Å². The van der Waals surface area contributed by atoms with E-state index in [9.17, 15) is 9.59 Å². The topological polar surface area (TPSA) is 61.8 Å². The highest BCUT2D eigenvalue weighted by Gasteiger charge is 2.11. The zero-order valence-corrected chi connectivity index (χ0v) is 24.9. The third-order valence-corrected chi connectivity index (χ3v) is 6.84. The van der Waals surface area contributed by atoms with Gasteiger partial charge in [-0.1, -0.05) is 88.3 Å². The third kappa shape index (κ3) is 13.1. The van der Waals surface area contributed by atoms with Crippen LogP contribution in [0.2, 0.25) is 0 Å². The number of hydrogen-bond donors (Lipinski definition) is 0. The first-order chi connectivity index (χ1) is 20.7. The Kier molecular flexibility index (Phi) is 15.4. The Balaban J connectivity index is 1.23. The van der Waals surface area contributed by atoms with Crippen LogP contribution >= 0.6 is 0 Å². The number of carbonyl (C=O) groups is 2. The maximum Gasteiger partial charge on any atom is 0.343 e. The lowest BCUT2D eigenvalue weighted by molar-refractivity contribution is 0.0497. The molecule has 0 aliphatic heterocycles. The molecule has 3 aromatic carbocycles. The van der Waals surface area contributed by atoms with Crippen LogP contribution in [-0.4, -0.2) is 25.2 Å². The van der Waals surface area contributed by atoms with Crippen LogP contribution in [-0.2, 0) is 4.74 Å². The van der Waals surface area contributed by atoms with E-state index in [0.29, 0.717) is 30.1 Å². The molecule has 0 heterocycles. The molecule has 3 rings (SSSR count). The molecular formula is C37H44O5. The summed E-state index contributed by atoms with van der Waals surface area (Å²) in [5, 5.41) is 0. The molecule has 0 saturated carbocycles. The van der Waals surface area contributed by atoms with Gasteiger partial charge in [0.25, 0.3) is 0 Å². The summed E-state index contributed by atoms with van der Waals surface area (Å²) in [5.41, 5.74) is 1.95. The lowest BCUT2D eigenvalue weighted by atomic mass is 10.1. The second-order valence-electron chi connectivity index (χ2n) is 10.4. The second-order valence-corrected chi connectivity index (χ2v) is 10.4. The maximum absolute atomic E-state index is 12.5. The molecule has 0 spiro atoms. The summed E-state index contributed by atoms with van der Waals surface area (Å²) in [5.74, 6) is 6.73. The Labute approximate surface area is 251 Å². The molecule has 0 unspecified atom stereocenters. The van der Waals surface area contributed by atoms with Gasteiger partial charge in [0, 0.05) is 12.0 Å². The van der Waals surface area contributed by atoms with E-state index in [0.717, 1.165) is 56.3 Å². The van der Waals surface area contributed by atoms with Crippen LogP contribution in [0, 0.1) is 11.8 Å². The molecule has 0 bridgehead atoms. The summed E-state index contributed by atoms with van der Waals surface area (Å²) >= 11 is 0. The minimum Gasteiger partial charge on any atom is -0.494 e. The molecule has 42 heavy (non-hydrogen) atoms. The zero-order valence-electron chi connectivity index (χ0n) is 24.9. The number of carbonyl (C=O) groups excluding carboxylic acids is 2. The van der Waals surface area contributed by atoms with E-state index < -0.39 is 5.97 Å². The van der Waals surface area contributed by atoms with E-state index in [4.69, 9.17) is 14.2 Å². The average Bonchev–Trinajstić information content (AvgIpc) is 3.02. The van der Waals surface area contributed by atoms with Gasteiger partial charge in [0.2, 0.25) is 0 Å². The van der Waals surface area contributed by atoms with Crippen molar-refractivity contribution in [2.24, 2.45) is 0 Å². The molecule has 0 aliphatic carbocycles. The lowest BCUT2D eigenvalue weighted by Crippen LogP contribution is -2.09. The number of hydrogen-bond acceptors (Lipinski definition) is 5. The SMILES string of the molecule is CCCCCCOc1ccc(C(=O)Oc2ccc(C(=O)OCCCCCCCCCC#Cc3ccccc3)cc2)cc1. The molecule has 0 saturated heterocycles. The summed E-state index contributed by atoms with van der Waals surface area (Å²) in [4.78, 5) is 24.8. The van der Waals surface area contributed by atoms with Crippen molar-refractivity contribution in [2.75, 3.05) is 13.2 Å². The first-order valence-electron chi connectivity index (χ1n) is 15.4. The largest absolute Gasteiger partial charge is 0.494 e. The predicted octanol–water partition coefficient (Wildman–Crippen LogP) is 9.19. The van der Waals surface area contributed by atoms with Gasteiger partial charge in [-0.3, -0.25) is 0 Å². The molecule has 0 fully saturated rings. The van der Waals surface area contributed by atoms with Crippen molar-refractivity contribution < 1.29 is 23.8 Å². The molecule has 0 radical (unpaired) electrons. The van der Waals surface area contributed by atoms with Gasteiger partial charge >= 0.3 is 11.9 Å². The molecule has 0 amide bonds. The summed E-state index contributed by atoms with van der Waals surface area (Å²) < 4.78 is 16.6. The Hall–Kier alpha value is -4.04. The van der Waals surface area contributed by atoms with Gasteiger partial charge in [0.05, 0.1) is 24.3 Å². The Bertz CT molecular complexity index is 1240. The molecule has 3 aromatic rings. The molecule has 222 valence electrons. The summed E-state index contributed by atoms with van der Waals surface area (Å²) in [6, 6.07) is 23.5. The minimum absolute atomic E-state index is 0.366. The first-order valence-corrected chi connectivity index (χ1v) is 15.4. The molecule has 0 N–H and O–H groups in total. The highest BCUT2D eigenvalue weighted by molar-refractivity contribution is 5.92. The van der Waals surface area contributed by atoms with Crippen LogP contribution in [0.4, 0.5) is 0 Å². The van der Waals surface area contributed by atoms with E-state index in [1.165, 1.54) is 32.1 Å². The fourth-order valence-electron chi connectivity index (χ4n) is 4.36. The van der Waals surface area contributed by atoms with E-state index in [-0.39, 0.29) is 5.97 Å². The summed E-state index contributed by atoms with van der Waals surface area (Å²) in [6.07, 6.45) is 13.3. The van der Waals surface area contributed by atoms with Crippen molar-refractivity contribution in [1.29, 1.82) is 0 Å². The second kappa shape index (κ2) is 19.9. The predicted molar refractivity (Wildman–Crippen MR) is 168 cm³/mol. The quantitative estimate of drug-likeness (QED) is 0.0662. The number of esters is 2. The van der Waals surface area contributed by atoms with Crippen molar-refractivity contribution in [3.8, 4) is 23.3 Å². The van der Waals surface area contributed by atoms with E-state index in [1.54, 1.807) is 48.5 Å². The number of unbranched alkanes of at least 4 members (excludes halogenated alkanes) is 10. The van der Waals surface area contributed by atoms with Gasteiger partial charge in [-0.05, 0) is 79.9 Å². The number of rotatable bonds is 18. The van der Waals surface area contributed by atoms with Crippen molar-refractivity contribution >= 4 is 11.9 Å².